The summed E-state index contributed by atoms with van der Waals surface area (Å²) in [6.45, 7) is 5.35. The molecule has 4 rings (SSSR count). The molecule has 1 N–H and O–H groups in total. The Morgan fingerprint density at radius 2 is 2.03 bits per heavy atom. The summed E-state index contributed by atoms with van der Waals surface area (Å²) in [6, 6.07) is 3.86. The quantitative estimate of drug-likeness (QED) is 0.708. The van der Waals surface area contributed by atoms with Crippen molar-refractivity contribution in [1.82, 2.24) is 14.8 Å². The third-order valence-electron chi connectivity index (χ3n) is 5.61. The average Bonchev–Trinajstić information content (AvgIpc) is 3.55. The second kappa shape index (κ2) is 9.58. The number of carbonyl (C=O) groups excluding carboxylic acids is 2. The monoisotopic (exact) mass is 460 g/mol. The van der Waals surface area contributed by atoms with Gasteiger partial charge in [-0.25, -0.2) is 4.98 Å². The minimum atomic E-state index is 0.00990. The van der Waals surface area contributed by atoms with Crippen LogP contribution in [0.1, 0.15) is 35.2 Å². The maximum atomic E-state index is 13.3. The number of thiazole rings is 1. The van der Waals surface area contributed by atoms with Gasteiger partial charge in [-0.1, -0.05) is 23.1 Å². The predicted octanol–water partition coefficient (Wildman–Crippen LogP) is 3.74. The molecule has 2 heterocycles. The summed E-state index contributed by atoms with van der Waals surface area (Å²) >= 11 is 3.01. The van der Waals surface area contributed by atoms with Gasteiger partial charge < -0.3 is 19.9 Å². The maximum absolute atomic E-state index is 13.3. The largest absolute Gasteiger partial charge is 0.496 e. The smallest absolute Gasteiger partial charge is 0.257 e. The van der Waals surface area contributed by atoms with Crippen molar-refractivity contribution in [2.45, 2.75) is 35.3 Å². The van der Waals surface area contributed by atoms with Crippen molar-refractivity contribution in [3.63, 3.8) is 0 Å². The molecular formula is C22H28N4O3S2. The lowest BCUT2D eigenvalue weighted by molar-refractivity contribution is -0.117. The third-order valence-corrected chi connectivity index (χ3v) is 7.78. The number of aryl methyl sites for hydroxylation is 1. The minimum Gasteiger partial charge on any atom is -0.496 e. The highest BCUT2D eigenvalue weighted by Crippen LogP contribution is 2.39. The van der Waals surface area contributed by atoms with E-state index < -0.39 is 0 Å². The molecule has 2 fully saturated rings. The number of nitrogens with one attached hydrogen (secondary N) is 1. The van der Waals surface area contributed by atoms with Gasteiger partial charge in [0.15, 0.2) is 5.13 Å². The van der Waals surface area contributed by atoms with Crippen molar-refractivity contribution in [3.8, 4) is 5.75 Å². The van der Waals surface area contributed by atoms with Crippen molar-refractivity contribution in [2.24, 2.45) is 5.92 Å². The highest BCUT2D eigenvalue weighted by Gasteiger charge is 2.30. The van der Waals surface area contributed by atoms with Crippen LogP contribution in [0.2, 0.25) is 0 Å². The molecule has 2 amide bonds. The minimum absolute atomic E-state index is 0.00990. The summed E-state index contributed by atoms with van der Waals surface area (Å²) in [5.74, 6) is 0.820. The van der Waals surface area contributed by atoms with Gasteiger partial charge in [0.2, 0.25) is 5.91 Å². The SMILES string of the molecule is COc1cc(C)c(Sc2cnc(NC(=O)C3CC3)s2)cc1C(=O)N1CCCN(C)CC1. The molecule has 0 spiro atoms. The van der Waals surface area contributed by atoms with Crippen molar-refractivity contribution < 1.29 is 14.3 Å². The van der Waals surface area contributed by atoms with E-state index in [4.69, 9.17) is 4.74 Å². The lowest BCUT2D eigenvalue weighted by Gasteiger charge is -2.22. The number of methoxy groups -OCH3 is 1. The molecule has 0 bridgehead atoms. The Kier molecular flexibility index (Phi) is 6.83. The standard InChI is InChI=1S/C22H28N4O3S2/c1-14-11-17(29-3)16(21(28)26-8-4-7-25(2)9-10-26)12-18(14)30-19-13-23-22(31-19)24-20(27)15-5-6-15/h11-13,15H,4-10H2,1-3H3,(H,23,24,27). The number of hydrogen-bond acceptors (Lipinski definition) is 7. The first-order chi connectivity index (χ1) is 14.9. The van der Waals surface area contributed by atoms with Crippen LogP contribution < -0.4 is 10.1 Å². The zero-order valence-corrected chi connectivity index (χ0v) is 19.8. The number of ether oxygens (including phenoxy) is 1. The summed E-state index contributed by atoms with van der Waals surface area (Å²) in [4.78, 5) is 34.8. The van der Waals surface area contributed by atoms with E-state index in [2.05, 4.69) is 22.2 Å². The molecule has 1 saturated carbocycles. The van der Waals surface area contributed by atoms with Gasteiger partial charge in [-0.2, -0.15) is 0 Å². The molecule has 9 heteroatoms. The van der Waals surface area contributed by atoms with Gasteiger partial charge in [-0.05, 0) is 57.5 Å². The van der Waals surface area contributed by atoms with Gasteiger partial charge in [0.05, 0.1) is 23.1 Å². The first-order valence-electron chi connectivity index (χ1n) is 10.6. The predicted molar refractivity (Wildman–Crippen MR) is 123 cm³/mol. The second-order valence-corrected chi connectivity index (χ2v) is 10.5. The number of nitrogens with zero attached hydrogens (tertiary/aromatic N) is 3. The fourth-order valence-corrected chi connectivity index (χ4v) is 5.50. The number of hydrogen-bond donors (Lipinski definition) is 1. The molecule has 31 heavy (non-hydrogen) atoms. The fraction of sp³-hybridized carbons (Fsp3) is 0.500. The van der Waals surface area contributed by atoms with Gasteiger partial charge in [-0.3, -0.25) is 9.59 Å². The molecule has 2 aromatic rings. The van der Waals surface area contributed by atoms with Gasteiger partial charge in [0.25, 0.3) is 5.91 Å². The van der Waals surface area contributed by atoms with Gasteiger partial charge in [0, 0.05) is 30.4 Å². The van der Waals surface area contributed by atoms with Gasteiger partial charge in [-0.15, -0.1) is 0 Å². The van der Waals surface area contributed by atoms with E-state index in [0.29, 0.717) is 23.0 Å². The molecule has 1 aliphatic heterocycles. The Morgan fingerprint density at radius 1 is 1.23 bits per heavy atom. The van der Waals surface area contributed by atoms with Crippen LogP contribution in [0.5, 0.6) is 5.75 Å². The summed E-state index contributed by atoms with van der Waals surface area (Å²) in [7, 11) is 3.69. The molecule has 1 aromatic carbocycles. The van der Waals surface area contributed by atoms with E-state index >= 15 is 0 Å². The average molecular weight is 461 g/mol. The second-order valence-electron chi connectivity index (χ2n) is 8.12. The Labute approximate surface area is 191 Å². The van der Waals surface area contributed by atoms with Crippen LogP contribution >= 0.6 is 23.1 Å². The Bertz CT molecular complexity index is 974. The fourth-order valence-electron chi connectivity index (χ4n) is 3.55. The highest BCUT2D eigenvalue weighted by atomic mass is 32.2. The molecule has 1 saturated heterocycles. The highest BCUT2D eigenvalue weighted by molar-refractivity contribution is 8.01. The Balaban J connectivity index is 1.52. The van der Waals surface area contributed by atoms with Gasteiger partial charge in [0.1, 0.15) is 5.75 Å². The summed E-state index contributed by atoms with van der Waals surface area (Å²) < 4.78 is 6.51. The van der Waals surface area contributed by atoms with Crippen LogP contribution in [0.25, 0.3) is 0 Å². The van der Waals surface area contributed by atoms with E-state index in [1.807, 2.05) is 24.0 Å². The summed E-state index contributed by atoms with van der Waals surface area (Å²) in [6.07, 6.45) is 4.67. The third kappa shape index (κ3) is 5.39. The normalized spacial score (nSPS) is 17.3. The van der Waals surface area contributed by atoms with Crippen molar-refractivity contribution in [2.75, 3.05) is 45.7 Å². The lowest BCUT2D eigenvalue weighted by atomic mass is 10.1. The molecule has 0 unspecified atom stereocenters. The van der Waals surface area contributed by atoms with Crippen molar-refractivity contribution >= 4 is 40.0 Å². The lowest BCUT2D eigenvalue weighted by Crippen LogP contribution is -2.34. The maximum Gasteiger partial charge on any atom is 0.257 e. The molecule has 2 aliphatic rings. The molecular weight excluding hydrogens is 432 g/mol. The summed E-state index contributed by atoms with van der Waals surface area (Å²) in [5.41, 5.74) is 1.62. The van der Waals surface area contributed by atoms with Crippen LogP contribution in [0.4, 0.5) is 5.13 Å². The van der Waals surface area contributed by atoms with Crippen molar-refractivity contribution in [3.05, 3.63) is 29.5 Å². The zero-order valence-electron chi connectivity index (χ0n) is 18.1. The first kappa shape index (κ1) is 22.1. The zero-order chi connectivity index (χ0) is 22.0. The Morgan fingerprint density at radius 3 is 2.77 bits per heavy atom. The number of amides is 2. The first-order valence-corrected chi connectivity index (χ1v) is 12.2. The number of aromatic nitrogens is 1. The van der Waals surface area contributed by atoms with Crippen LogP contribution in [-0.2, 0) is 4.79 Å². The van der Waals surface area contributed by atoms with E-state index in [1.165, 1.54) is 11.3 Å². The van der Waals surface area contributed by atoms with E-state index in [1.54, 1.807) is 25.1 Å². The van der Waals surface area contributed by atoms with Crippen molar-refractivity contribution in [1.29, 1.82) is 0 Å². The number of benzene rings is 1. The number of likely N-dealkylation sites (N-methyl/N-ethyl adjacent to an activating group) is 1. The van der Waals surface area contributed by atoms with Crippen LogP contribution in [0, 0.1) is 12.8 Å². The molecule has 1 aliphatic carbocycles. The Hall–Kier alpha value is -2.10. The van der Waals surface area contributed by atoms with Gasteiger partial charge >= 0.3 is 0 Å². The molecule has 1 aromatic heterocycles. The molecule has 0 radical (unpaired) electrons. The number of anilines is 1. The van der Waals surface area contributed by atoms with Crippen LogP contribution in [-0.4, -0.2) is 66.9 Å². The molecule has 0 atom stereocenters. The van der Waals surface area contributed by atoms with E-state index in [-0.39, 0.29) is 17.7 Å². The molecule has 7 nitrogen and oxygen atoms in total. The van der Waals surface area contributed by atoms with Crippen LogP contribution in [0.15, 0.2) is 27.4 Å². The number of rotatable bonds is 6. The molecule has 166 valence electrons. The van der Waals surface area contributed by atoms with E-state index in [0.717, 1.165) is 53.6 Å². The number of carbonyl (C=O) groups is 2. The topological polar surface area (TPSA) is 74.8 Å². The van der Waals surface area contributed by atoms with E-state index in [9.17, 15) is 9.59 Å². The van der Waals surface area contributed by atoms with Crippen LogP contribution in [0.3, 0.4) is 0 Å². The summed E-state index contributed by atoms with van der Waals surface area (Å²) in [5, 5.41) is 3.52.